The van der Waals surface area contributed by atoms with Gasteiger partial charge in [0.25, 0.3) is 5.69 Å². The van der Waals surface area contributed by atoms with Gasteiger partial charge in [-0.15, -0.1) is 0 Å². The average Bonchev–Trinajstić information content (AvgIpc) is 3.27. The Morgan fingerprint density at radius 3 is 2.55 bits per heavy atom. The summed E-state index contributed by atoms with van der Waals surface area (Å²) in [6.45, 7) is 2.03. The Labute approximate surface area is 166 Å². The standard InChI is InChI=1S/C20H19N3O6/c1-3-28-19-11-16(17(23(25)26)12-18(19)27-2)20(24)29-13-14-5-7-15(8-6-14)22-10-4-9-21-22/h4-12H,3,13H2,1-2H3. The number of rotatable bonds is 8. The highest BCUT2D eigenvalue weighted by Gasteiger charge is 2.26. The number of methoxy groups -OCH3 is 1. The lowest BCUT2D eigenvalue weighted by molar-refractivity contribution is -0.385. The fraction of sp³-hybridized carbons (Fsp3) is 0.200. The molecule has 0 fully saturated rings. The number of ether oxygens (including phenoxy) is 3. The summed E-state index contributed by atoms with van der Waals surface area (Å²) in [6, 6.07) is 11.5. The second kappa shape index (κ2) is 8.87. The number of nitro groups is 1. The number of aromatic nitrogens is 2. The molecule has 0 saturated heterocycles. The summed E-state index contributed by atoms with van der Waals surface area (Å²) in [7, 11) is 1.37. The lowest BCUT2D eigenvalue weighted by Crippen LogP contribution is -2.10. The van der Waals surface area contributed by atoms with Crippen LogP contribution in [0.4, 0.5) is 5.69 Å². The molecule has 0 aliphatic carbocycles. The third kappa shape index (κ3) is 4.52. The maximum absolute atomic E-state index is 12.5. The summed E-state index contributed by atoms with van der Waals surface area (Å²) in [5.74, 6) is -0.420. The smallest absolute Gasteiger partial charge is 0.345 e. The van der Waals surface area contributed by atoms with Crippen LogP contribution in [0.25, 0.3) is 5.69 Å². The van der Waals surface area contributed by atoms with Gasteiger partial charge >= 0.3 is 5.97 Å². The Morgan fingerprint density at radius 1 is 1.21 bits per heavy atom. The van der Waals surface area contributed by atoms with E-state index in [1.807, 2.05) is 24.4 Å². The number of nitro benzene ring substituents is 1. The van der Waals surface area contributed by atoms with Gasteiger partial charge in [0.2, 0.25) is 0 Å². The van der Waals surface area contributed by atoms with Gasteiger partial charge in [-0.1, -0.05) is 12.1 Å². The topological polar surface area (TPSA) is 106 Å². The molecule has 0 atom stereocenters. The van der Waals surface area contributed by atoms with Crippen LogP contribution in [0.2, 0.25) is 0 Å². The average molecular weight is 397 g/mol. The van der Waals surface area contributed by atoms with E-state index in [0.29, 0.717) is 6.61 Å². The van der Waals surface area contributed by atoms with Crippen molar-refractivity contribution in [1.82, 2.24) is 9.78 Å². The van der Waals surface area contributed by atoms with E-state index in [-0.39, 0.29) is 23.7 Å². The molecule has 0 amide bonds. The summed E-state index contributed by atoms with van der Waals surface area (Å²) in [4.78, 5) is 23.2. The number of benzene rings is 2. The summed E-state index contributed by atoms with van der Waals surface area (Å²) in [5, 5.41) is 15.5. The third-order valence-corrected chi connectivity index (χ3v) is 4.07. The molecular weight excluding hydrogens is 378 g/mol. The zero-order valence-electron chi connectivity index (χ0n) is 15.9. The number of hydrogen-bond donors (Lipinski definition) is 0. The predicted molar refractivity (Wildman–Crippen MR) is 104 cm³/mol. The zero-order chi connectivity index (χ0) is 20.8. The van der Waals surface area contributed by atoms with Crippen LogP contribution in [0, 0.1) is 10.1 Å². The summed E-state index contributed by atoms with van der Waals surface area (Å²) >= 11 is 0. The zero-order valence-corrected chi connectivity index (χ0v) is 15.9. The molecule has 1 heterocycles. The van der Waals surface area contributed by atoms with E-state index < -0.39 is 16.6 Å². The molecule has 9 heteroatoms. The van der Waals surface area contributed by atoms with Crippen molar-refractivity contribution in [2.75, 3.05) is 13.7 Å². The molecule has 29 heavy (non-hydrogen) atoms. The maximum atomic E-state index is 12.5. The van der Waals surface area contributed by atoms with Gasteiger partial charge in [0.05, 0.1) is 30.4 Å². The Bertz CT molecular complexity index is 1000. The molecule has 0 aliphatic rings. The Kier molecular flexibility index (Phi) is 6.08. The van der Waals surface area contributed by atoms with Crippen molar-refractivity contribution in [3.63, 3.8) is 0 Å². The Balaban J connectivity index is 1.77. The van der Waals surface area contributed by atoms with Crippen LogP contribution in [-0.2, 0) is 11.3 Å². The molecule has 2 aromatic carbocycles. The molecule has 3 rings (SSSR count). The first-order valence-electron chi connectivity index (χ1n) is 8.78. The van der Waals surface area contributed by atoms with Gasteiger partial charge in [-0.3, -0.25) is 10.1 Å². The fourth-order valence-electron chi connectivity index (χ4n) is 2.68. The van der Waals surface area contributed by atoms with E-state index >= 15 is 0 Å². The summed E-state index contributed by atoms with van der Waals surface area (Å²) in [6.07, 6.45) is 3.49. The van der Waals surface area contributed by atoms with Crippen molar-refractivity contribution in [3.8, 4) is 17.2 Å². The molecule has 1 aromatic heterocycles. The summed E-state index contributed by atoms with van der Waals surface area (Å²) < 4.78 is 17.5. The third-order valence-electron chi connectivity index (χ3n) is 4.07. The minimum Gasteiger partial charge on any atom is -0.493 e. The summed E-state index contributed by atoms with van der Waals surface area (Å²) in [5.41, 5.74) is 0.976. The number of esters is 1. The minimum absolute atomic E-state index is 0.0363. The van der Waals surface area contributed by atoms with Gasteiger partial charge < -0.3 is 14.2 Å². The van der Waals surface area contributed by atoms with E-state index in [2.05, 4.69) is 5.10 Å². The van der Waals surface area contributed by atoms with Crippen molar-refractivity contribution in [2.45, 2.75) is 13.5 Å². The first kappa shape index (κ1) is 19.9. The highest BCUT2D eigenvalue weighted by atomic mass is 16.6. The quantitative estimate of drug-likeness (QED) is 0.325. The SMILES string of the molecule is CCOc1cc(C(=O)OCc2ccc(-n3cccn3)cc2)c([N+](=O)[O-])cc1OC. The van der Waals surface area contributed by atoms with Crippen LogP contribution in [-0.4, -0.2) is 34.4 Å². The molecular formula is C20H19N3O6. The second-order valence-corrected chi connectivity index (χ2v) is 5.90. The first-order chi connectivity index (χ1) is 14.0. The van der Waals surface area contributed by atoms with Crippen molar-refractivity contribution >= 4 is 11.7 Å². The second-order valence-electron chi connectivity index (χ2n) is 5.90. The van der Waals surface area contributed by atoms with Gasteiger partial charge in [-0.25, -0.2) is 9.48 Å². The van der Waals surface area contributed by atoms with Crippen LogP contribution in [0.15, 0.2) is 54.9 Å². The van der Waals surface area contributed by atoms with E-state index in [9.17, 15) is 14.9 Å². The molecule has 0 aliphatic heterocycles. The molecule has 3 aromatic rings. The fourth-order valence-corrected chi connectivity index (χ4v) is 2.68. The minimum atomic E-state index is -0.823. The highest BCUT2D eigenvalue weighted by Crippen LogP contribution is 2.35. The van der Waals surface area contributed by atoms with Gasteiger partial charge in [-0.2, -0.15) is 5.10 Å². The van der Waals surface area contributed by atoms with E-state index in [4.69, 9.17) is 14.2 Å². The normalized spacial score (nSPS) is 10.4. The van der Waals surface area contributed by atoms with E-state index in [1.165, 1.54) is 13.2 Å². The molecule has 0 saturated carbocycles. The van der Waals surface area contributed by atoms with Crippen molar-refractivity contribution < 1.29 is 23.9 Å². The number of carbonyl (C=O) groups excluding carboxylic acids is 1. The molecule has 0 radical (unpaired) electrons. The molecule has 0 N–H and O–H groups in total. The van der Waals surface area contributed by atoms with Crippen LogP contribution >= 0.6 is 0 Å². The lowest BCUT2D eigenvalue weighted by Gasteiger charge is -2.12. The Hall–Kier alpha value is -3.88. The number of hydrogen-bond acceptors (Lipinski definition) is 7. The highest BCUT2D eigenvalue weighted by molar-refractivity contribution is 5.95. The van der Waals surface area contributed by atoms with E-state index in [0.717, 1.165) is 17.3 Å². The molecule has 9 nitrogen and oxygen atoms in total. The van der Waals surface area contributed by atoms with Crippen molar-refractivity contribution in [2.24, 2.45) is 0 Å². The molecule has 0 spiro atoms. The van der Waals surface area contributed by atoms with Crippen LogP contribution < -0.4 is 9.47 Å². The van der Waals surface area contributed by atoms with Crippen LogP contribution in [0.3, 0.4) is 0 Å². The Morgan fingerprint density at radius 2 is 1.97 bits per heavy atom. The molecule has 150 valence electrons. The predicted octanol–water partition coefficient (Wildman–Crippen LogP) is 3.54. The van der Waals surface area contributed by atoms with Crippen LogP contribution in [0.1, 0.15) is 22.8 Å². The largest absolute Gasteiger partial charge is 0.493 e. The van der Waals surface area contributed by atoms with Gasteiger partial charge in [0, 0.05) is 18.5 Å². The number of carbonyl (C=O) groups is 1. The van der Waals surface area contributed by atoms with Crippen molar-refractivity contribution in [1.29, 1.82) is 0 Å². The number of nitrogens with zero attached hydrogens (tertiary/aromatic N) is 3. The maximum Gasteiger partial charge on any atom is 0.345 e. The van der Waals surface area contributed by atoms with Gasteiger partial charge in [0.1, 0.15) is 12.2 Å². The lowest BCUT2D eigenvalue weighted by atomic mass is 10.1. The van der Waals surface area contributed by atoms with Gasteiger partial charge in [-0.05, 0) is 30.7 Å². The molecule has 0 unspecified atom stereocenters. The van der Waals surface area contributed by atoms with E-state index in [1.54, 1.807) is 29.9 Å². The first-order valence-corrected chi connectivity index (χ1v) is 8.78. The van der Waals surface area contributed by atoms with Gasteiger partial charge in [0.15, 0.2) is 11.5 Å². The van der Waals surface area contributed by atoms with Crippen molar-refractivity contribution in [3.05, 3.63) is 76.1 Å². The van der Waals surface area contributed by atoms with Crippen LogP contribution in [0.5, 0.6) is 11.5 Å². The monoisotopic (exact) mass is 397 g/mol. The molecule has 0 bridgehead atoms.